The summed E-state index contributed by atoms with van der Waals surface area (Å²) in [5, 5.41) is 10.4. The normalized spacial score (nSPS) is 22.7. The van der Waals surface area contributed by atoms with Crippen molar-refractivity contribution in [2.45, 2.75) is 19.9 Å². The minimum Gasteiger partial charge on any atom is -0.264 e. The van der Waals surface area contributed by atoms with E-state index in [0.29, 0.717) is 0 Å². The summed E-state index contributed by atoms with van der Waals surface area (Å²) in [5.74, 6) is 0. The highest BCUT2D eigenvalue weighted by atomic mass is 16.6. The highest BCUT2D eigenvalue weighted by molar-refractivity contribution is 5.35. The maximum atomic E-state index is 10.4. The molecule has 0 saturated carbocycles. The van der Waals surface area contributed by atoms with Gasteiger partial charge in [-0.1, -0.05) is 12.2 Å². The molecule has 1 aliphatic rings. The van der Waals surface area contributed by atoms with Crippen molar-refractivity contribution in [2.75, 3.05) is 0 Å². The average Bonchev–Trinajstić information content (AvgIpc) is 2.15. The lowest BCUT2D eigenvalue weighted by atomic mass is 10.1. The van der Waals surface area contributed by atoms with Gasteiger partial charge in [-0.2, -0.15) is 0 Å². The summed E-state index contributed by atoms with van der Waals surface area (Å²) in [6.07, 6.45) is 6.86. The Morgan fingerprint density at radius 2 is 2.08 bits per heavy atom. The number of hydrogen-bond acceptors (Lipinski definition) is 2. The predicted octanol–water partition coefficient (Wildman–Crippen LogP) is 2.09. The number of nitrogens with zero attached hydrogens (tertiary/aromatic N) is 1. The average molecular weight is 165 g/mol. The van der Waals surface area contributed by atoms with E-state index in [1.165, 1.54) is 0 Å². The van der Waals surface area contributed by atoms with Crippen molar-refractivity contribution < 1.29 is 4.92 Å². The van der Waals surface area contributed by atoms with Gasteiger partial charge in [-0.05, 0) is 37.1 Å². The molecule has 1 rings (SSSR count). The Morgan fingerprint density at radius 3 is 2.67 bits per heavy atom. The molecule has 3 heteroatoms. The molecule has 64 valence electrons. The van der Waals surface area contributed by atoms with Crippen LogP contribution in [0.15, 0.2) is 35.5 Å². The third-order valence-electron chi connectivity index (χ3n) is 1.94. The van der Waals surface area contributed by atoms with Gasteiger partial charge in [-0.15, -0.1) is 0 Å². The van der Waals surface area contributed by atoms with Gasteiger partial charge in [0, 0.05) is 4.92 Å². The Hall–Kier alpha value is -1.38. The molecular weight excluding hydrogens is 154 g/mol. The SMILES string of the molecule is CC1=CC=CC([N+](=O)[O-])C=C1C. The van der Waals surface area contributed by atoms with E-state index in [2.05, 4.69) is 0 Å². The van der Waals surface area contributed by atoms with Crippen molar-refractivity contribution in [1.82, 2.24) is 0 Å². The second kappa shape index (κ2) is 3.34. The molecular formula is C9H11NO2. The van der Waals surface area contributed by atoms with Gasteiger partial charge < -0.3 is 0 Å². The monoisotopic (exact) mass is 165 g/mol. The molecule has 1 aliphatic carbocycles. The van der Waals surface area contributed by atoms with Crippen molar-refractivity contribution in [2.24, 2.45) is 0 Å². The van der Waals surface area contributed by atoms with Gasteiger partial charge in [-0.3, -0.25) is 10.1 Å². The smallest absolute Gasteiger partial charge is 0.250 e. The van der Waals surface area contributed by atoms with E-state index in [9.17, 15) is 10.1 Å². The molecule has 0 saturated heterocycles. The lowest BCUT2D eigenvalue weighted by Gasteiger charge is -1.99. The van der Waals surface area contributed by atoms with Gasteiger partial charge >= 0.3 is 0 Å². The molecule has 0 heterocycles. The Morgan fingerprint density at radius 1 is 1.42 bits per heavy atom. The van der Waals surface area contributed by atoms with Crippen molar-refractivity contribution in [3.63, 3.8) is 0 Å². The van der Waals surface area contributed by atoms with Gasteiger partial charge in [0.15, 0.2) is 0 Å². The van der Waals surface area contributed by atoms with Crippen LogP contribution in [0.25, 0.3) is 0 Å². The second-order valence-electron chi connectivity index (χ2n) is 2.86. The lowest BCUT2D eigenvalue weighted by molar-refractivity contribution is -0.496. The summed E-state index contributed by atoms with van der Waals surface area (Å²) < 4.78 is 0. The zero-order chi connectivity index (χ0) is 9.14. The van der Waals surface area contributed by atoms with E-state index in [4.69, 9.17) is 0 Å². The van der Waals surface area contributed by atoms with Gasteiger partial charge in [0.05, 0.1) is 0 Å². The second-order valence-corrected chi connectivity index (χ2v) is 2.86. The fourth-order valence-corrected chi connectivity index (χ4v) is 1.02. The van der Waals surface area contributed by atoms with Crippen LogP contribution in [-0.2, 0) is 0 Å². The maximum absolute atomic E-state index is 10.4. The molecule has 0 spiro atoms. The number of allylic oxidation sites excluding steroid dienone is 4. The first-order valence-corrected chi connectivity index (χ1v) is 3.78. The Labute approximate surface area is 71.2 Å². The predicted molar refractivity (Wildman–Crippen MR) is 47.4 cm³/mol. The molecule has 0 N–H and O–H groups in total. The minimum absolute atomic E-state index is 0.299. The van der Waals surface area contributed by atoms with Crippen molar-refractivity contribution in [3.8, 4) is 0 Å². The van der Waals surface area contributed by atoms with E-state index in [1.54, 1.807) is 18.2 Å². The number of hydrogen-bond donors (Lipinski definition) is 0. The molecule has 0 bridgehead atoms. The van der Waals surface area contributed by atoms with E-state index < -0.39 is 6.04 Å². The summed E-state index contributed by atoms with van der Waals surface area (Å²) in [5.41, 5.74) is 2.05. The standard InChI is InChI=1S/C9H11NO2/c1-7-4-3-5-9(10(11)12)6-8(7)2/h3-6,9H,1-2H3. The molecule has 0 aromatic carbocycles. The first kappa shape index (κ1) is 8.71. The fourth-order valence-electron chi connectivity index (χ4n) is 1.02. The Bertz CT molecular complexity index is 287. The molecule has 0 radical (unpaired) electrons. The van der Waals surface area contributed by atoms with Crippen LogP contribution in [-0.4, -0.2) is 11.0 Å². The van der Waals surface area contributed by atoms with Crippen LogP contribution in [0, 0.1) is 10.1 Å². The van der Waals surface area contributed by atoms with Crippen LogP contribution in [0.3, 0.4) is 0 Å². The van der Waals surface area contributed by atoms with Gasteiger partial charge in [-0.25, -0.2) is 0 Å². The van der Waals surface area contributed by atoms with Crippen molar-refractivity contribution >= 4 is 0 Å². The fraction of sp³-hybridized carbons (Fsp3) is 0.333. The third kappa shape index (κ3) is 1.81. The highest BCUT2D eigenvalue weighted by Crippen LogP contribution is 2.14. The van der Waals surface area contributed by atoms with Gasteiger partial charge in [0.2, 0.25) is 6.04 Å². The number of rotatable bonds is 1. The Kier molecular flexibility index (Phi) is 2.43. The van der Waals surface area contributed by atoms with Crippen LogP contribution >= 0.6 is 0 Å². The number of nitro groups is 1. The molecule has 0 aromatic rings. The van der Waals surface area contributed by atoms with E-state index in [1.807, 2.05) is 19.9 Å². The maximum Gasteiger partial charge on any atom is 0.250 e. The molecule has 3 nitrogen and oxygen atoms in total. The zero-order valence-corrected chi connectivity index (χ0v) is 7.15. The molecule has 0 aromatic heterocycles. The van der Waals surface area contributed by atoms with E-state index in [-0.39, 0.29) is 4.92 Å². The first-order valence-electron chi connectivity index (χ1n) is 3.78. The van der Waals surface area contributed by atoms with Crippen LogP contribution in [0.4, 0.5) is 0 Å². The van der Waals surface area contributed by atoms with Crippen LogP contribution < -0.4 is 0 Å². The summed E-state index contributed by atoms with van der Waals surface area (Å²) >= 11 is 0. The summed E-state index contributed by atoms with van der Waals surface area (Å²) in [7, 11) is 0. The summed E-state index contributed by atoms with van der Waals surface area (Å²) in [6, 6.07) is -0.668. The first-order chi connectivity index (χ1) is 5.61. The van der Waals surface area contributed by atoms with Crippen molar-refractivity contribution in [3.05, 3.63) is 45.6 Å². The van der Waals surface area contributed by atoms with Crippen LogP contribution in [0.1, 0.15) is 13.8 Å². The van der Waals surface area contributed by atoms with E-state index in [0.717, 1.165) is 11.1 Å². The summed E-state index contributed by atoms with van der Waals surface area (Å²) in [6.45, 7) is 3.83. The molecule has 12 heavy (non-hydrogen) atoms. The Balaban J connectivity index is 2.95. The van der Waals surface area contributed by atoms with Gasteiger partial charge in [0.25, 0.3) is 0 Å². The quantitative estimate of drug-likeness (QED) is 0.441. The highest BCUT2D eigenvalue weighted by Gasteiger charge is 2.14. The van der Waals surface area contributed by atoms with Gasteiger partial charge in [0.1, 0.15) is 0 Å². The van der Waals surface area contributed by atoms with Crippen LogP contribution in [0.2, 0.25) is 0 Å². The van der Waals surface area contributed by atoms with Crippen molar-refractivity contribution in [1.29, 1.82) is 0 Å². The molecule has 0 amide bonds. The molecule has 1 unspecified atom stereocenters. The third-order valence-corrected chi connectivity index (χ3v) is 1.94. The topological polar surface area (TPSA) is 43.1 Å². The summed E-state index contributed by atoms with van der Waals surface area (Å²) in [4.78, 5) is 10.1. The molecule has 0 fully saturated rings. The van der Waals surface area contributed by atoms with Crippen LogP contribution in [0.5, 0.6) is 0 Å². The largest absolute Gasteiger partial charge is 0.264 e. The van der Waals surface area contributed by atoms with E-state index >= 15 is 0 Å². The lowest BCUT2D eigenvalue weighted by Crippen LogP contribution is -2.13. The zero-order valence-electron chi connectivity index (χ0n) is 7.15. The molecule has 0 aliphatic heterocycles. The minimum atomic E-state index is -0.668. The molecule has 1 atom stereocenters.